The molecule has 20 heavy (non-hydrogen) atoms. The topological polar surface area (TPSA) is 84.9 Å². The molecule has 1 aromatic carbocycles. The Balaban J connectivity index is 1.95. The van der Waals surface area contributed by atoms with Gasteiger partial charge >= 0.3 is 5.97 Å². The second kappa shape index (κ2) is 6.91. The fourth-order valence-electron chi connectivity index (χ4n) is 2.14. The summed E-state index contributed by atoms with van der Waals surface area (Å²) in [6.45, 7) is -0.109. The van der Waals surface area contributed by atoms with Crippen LogP contribution in [0.25, 0.3) is 0 Å². The predicted molar refractivity (Wildman–Crippen MR) is 70.5 cm³/mol. The maximum Gasteiger partial charge on any atom is 0.329 e. The van der Waals surface area contributed by atoms with Crippen LogP contribution in [0.15, 0.2) is 24.3 Å². The fourth-order valence-corrected chi connectivity index (χ4v) is 2.14. The Morgan fingerprint density at radius 2 is 2.15 bits per heavy atom. The van der Waals surface area contributed by atoms with Gasteiger partial charge in [0.1, 0.15) is 19.0 Å². The largest absolute Gasteiger partial charge is 0.493 e. The molecular formula is C14H17NO5. The van der Waals surface area contributed by atoms with Gasteiger partial charge in [-0.3, -0.25) is 4.79 Å². The average molecular weight is 279 g/mol. The molecule has 2 rings (SSSR count). The first-order valence-corrected chi connectivity index (χ1v) is 6.47. The van der Waals surface area contributed by atoms with Gasteiger partial charge in [0.15, 0.2) is 0 Å². The molecule has 0 aromatic heterocycles. The summed E-state index contributed by atoms with van der Waals surface area (Å²) in [6.07, 6.45) is 1.62. The van der Waals surface area contributed by atoms with Crippen LogP contribution in [-0.2, 0) is 14.3 Å². The number of carboxylic acid groups (broad SMARTS) is 1. The van der Waals surface area contributed by atoms with Gasteiger partial charge in [-0.25, -0.2) is 4.79 Å². The van der Waals surface area contributed by atoms with Crippen molar-refractivity contribution in [3.05, 3.63) is 29.8 Å². The molecule has 0 bridgehead atoms. The minimum absolute atomic E-state index is 0.130. The number of nitrogens with one attached hydrogen (secondary N) is 1. The van der Waals surface area contributed by atoms with Crippen molar-refractivity contribution in [3.63, 3.8) is 0 Å². The van der Waals surface area contributed by atoms with E-state index in [9.17, 15) is 9.59 Å². The van der Waals surface area contributed by atoms with E-state index < -0.39 is 12.6 Å². The molecule has 6 heteroatoms. The third-order valence-corrected chi connectivity index (χ3v) is 2.98. The highest BCUT2D eigenvalue weighted by molar-refractivity contribution is 5.78. The van der Waals surface area contributed by atoms with Crippen LogP contribution in [0.2, 0.25) is 0 Å². The molecule has 0 saturated carbocycles. The summed E-state index contributed by atoms with van der Waals surface area (Å²) in [4.78, 5) is 22.1. The summed E-state index contributed by atoms with van der Waals surface area (Å²) < 4.78 is 10.4. The molecule has 1 amide bonds. The van der Waals surface area contributed by atoms with Gasteiger partial charge in [-0.2, -0.15) is 0 Å². The summed E-state index contributed by atoms with van der Waals surface area (Å²) in [6, 6.07) is 7.45. The van der Waals surface area contributed by atoms with E-state index in [1.54, 1.807) is 0 Å². The van der Waals surface area contributed by atoms with Crippen molar-refractivity contribution in [1.82, 2.24) is 5.32 Å². The maximum atomic E-state index is 11.7. The predicted octanol–water partition coefficient (Wildman–Crippen LogP) is 1.12. The lowest BCUT2D eigenvalue weighted by Crippen LogP contribution is -2.32. The summed E-state index contributed by atoms with van der Waals surface area (Å²) in [5.41, 5.74) is 0.941. The summed E-state index contributed by atoms with van der Waals surface area (Å²) in [7, 11) is 0. The van der Waals surface area contributed by atoms with Crippen LogP contribution in [0.4, 0.5) is 0 Å². The minimum Gasteiger partial charge on any atom is -0.493 e. The van der Waals surface area contributed by atoms with E-state index in [1.807, 2.05) is 24.3 Å². The molecule has 0 spiro atoms. The van der Waals surface area contributed by atoms with E-state index in [1.165, 1.54) is 0 Å². The zero-order valence-corrected chi connectivity index (χ0v) is 11.0. The van der Waals surface area contributed by atoms with Crippen LogP contribution >= 0.6 is 0 Å². The number of hydrogen-bond acceptors (Lipinski definition) is 4. The van der Waals surface area contributed by atoms with Crippen molar-refractivity contribution in [1.29, 1.82) is 0 Å². The SMILES string of the molecule is O=C(O)COCC(=O)NC1CCCOc2ccccc21. The van der Waals surface area contributed by atoms with E-state index >= 15 is 0 Å². The van der Waals surface area contributed by atoms with Crippen molar-refractivity contribution in [3.8, 4) is 5.75 Å². The maximum absolute atomic E-state index is 11.7. The Labute approximate surface area is 116 Å². The van der Waals surface area contributed by atoms with Gasteiger partial charge in [0, 0.05) is 5.56 Å². The van der Waals surface area contributed by atoms with E-state index in [4.69, 9.17) is 14.6 Å². The first-order valence-electron chi connectivity index (χ1n) is 6.47. The van der Waals surface area contributed by atoms with Crippen LogP contribution in [0, 0.1) is 0 Å². The monoisotopic (exact) mass is 279 g/mol. The molecule has 1 aromatic rings. The lowest BCUT2D eigenvalue weighted by atomic mass is 10.0. The third-order valence-electron chi connectivity index (χ3n) is 2.98. The number of benzene rings is 1. The van der Waals surface area contributed by atoms with Crippen LogP contribution in [0.1, 0.15) is 24.4 Å². The summed E-state index contributed by atoms with van der Waals surface area (Å²) in [5, 5.41) is 11.3. The summed E-state index contributed by atoms with van der Waals surface area (Å²) >= 11 is 0. The standard InChI is InChI=1S/C14H17NO5/c16-13(8-19-9-14(17)18)15-11-5-3-7-20-12-6-2-1-4-10(11)12/h1-2,4,6,11H,3,5,7-9H2,(H,15,16)(H,17,18). The minimum atomic E-state index is -1.09. The van der Waals surface area contributed by atoms with Crippen molar-refractivity contribution in [2.24, 2.45) is 0 Å². The summed E-state index contributed by atoms with van der Waals surface area (Å²) in [5.74, 6) is -0.638. The van der Waals surface area contributed by atoms with Crippen LogP contribution < -0.4 is 10.1 Å². The van der Waals surface area contributed by atoms with Gasteiger partial charge in [0.05, 0.1) is 12.6 Å². The van der Waals surface area contributed by atoms with Gasteiger partial charge in [0.25, 0.3) is 0 Å². The van der Waals surface area contributed by atoms with Crippen molar-refractivity contribution >= 4 is 11.9 Å². The molecule has 1 atom stereocenters. The highest BCUT2D eigenvalue weighted by Gasteiger charge is 2.21. The zero-order chi connectivity index (χ0) is 14.4. The third kappa shape index (κ3) is 3.96. The Morgan fingerprint density at radius 3 is 2.95 bits per heavy atom. The molecule has 0 aliphatic carbocycles. The highest BCUT2D eigenvalue weighted by atomic mass is 16.5. The molecule has 108 valence electrons. The van der Waals surface area contributed by atoms with E-state index in [0.29, 0.717) is 6.61 Å². The van der Waals surface area contributed by atoms with Crippen LogP contribution in [0.5, 0.6) is 5.75 Å². The molecule has 1 heterocycles. The van der Waals surface area contributed by atoms with Crippen LogP contribution in [0.3, 0.4) is 0 Å². The normalized spacial score (nSPS) is 17.5. The van der Waals surface area contributed by atoms with E-state index in [0.717, 1.165) is 24.2 Å². The van der Waals surface area contributed by atoms with Gasteiger partial charge in [-0.15, -0.1) is 0 Å². The number of para-hydroxylation sites is 1. The number of hydrogen-bond donors (Lipinski definition) is 2. The Hall–Kier alpha value is -2.08. The van der Waals surface area contributed by atoms with Gasteiger partial charge < -0.3 is 19.9 Å². The number of carboxylic acids is 1. The Morgan fingerprint density at radius 1 is 1.35 bits per heavy atom. The van der Waals surface area contributed by atoms with Crippen molar-refractivity contribution in [2.45, 2.75) is 18.9 Å². The lowest BCUT2D eigenvalue weighted by molar-refractivity contribution is -0.143. The Bertz CT molecular complexity index is 488. The van der Waals surface area contributed by atoms with Crippen molar-refractivity contribution in [2.75, 3.05) is 19.8 Å². The molecule has 1 aliphatic heterocycles. The average Bonchev–Trinajstić information content (AvgIpc) is 2.61. The fraction of sp³-hybridized carbons (Fsp3) is 0.429. The second-order valence-corrected chi connectivity index (χ2v) is 4.54. The first-order chi connectivity index (χ1) is 9.66. The number of fused-ring (bicyclic) bond motifs is 1. The number of carbonyl (C=O) groups is 2. The van der Waals surface area contributed by atoms with Gasteiger partial charge in [0.2, 0.25) is 5.91 Å². The number of amides is 1. The second-order valence-electron chi connectivity index (χ2n) is 4.54. The van der Waals surface area contributed by atoms with Gasteiger partial charge in [-0.05, 0) is 18.9 Å². The highest BCUT2D eigenvalue weighted by Crippen LogP contribution is 2.30. The molecule has 2 N–H and O–H groups in total. The number of rotatable bonds is 5. The molecule has 0 saturated heterocycles. The number of aliphatic carboxylic acids is 1. The van der Waals surface area contributed by atoms with E-state index in [-0.39, 0.29) is 18.6 Å². The smallest absolute Gasteiger partial charge is 0.329 e. The van der Waals surface area contributed by atoms with E-state index in [2.05, 4.69) is 5.32 Å². The van der Waals surface area contributed by atoms with Gasteiger partial charge in [-0.1, -0.05) is 18.2 Å². The first kappa shape index (κ1) is 14.3. The molecule has 0 fully saturated rings. The van der Waals surface area contributed by atoms with Crippen LogP contribution in [-0.4, -0.2) is 36.8 Å². The molecular weight excluding hydrogens is 262 g/mol. The number of carbonyl (C=O) groups excluding carboxylic acids is 1. The Kier molecular flexibility index (Phi) is 4.95. The molecule has 1 unspecified atom stereocenters. The molecule has 6 nitrogen and oxygen atoms in total. The lowest BCUT2D eigenvalue weighted by Gasteiger charge is -2.18. The molecule has 1 aliphatic rings. The zero-order valence-electron chi connectivity index (χ0n) is 11.0. The molecule has 0 radical (unpaired) electrons. The van der Waals surface area contributed by atoms with Crippen molar-refractivity contribution < 1.29 is 24.2 Å². The number of ether oxygens (including phenoxy) is 2. The quantitative estimate of drug-likeness (QED) is 0.843.